The molecule has 0 bridgehead atoms. The minimum absolute atomic E-state index is 0.0648. The lowest BCUT2D eigenvalue weighted by Crippen LogP contribution is -2.29. The highest BCUT2D eigenvalue weighted by Crippen LogP contribution is 2.41. The lowest BCUT2D eigenvalue weighted by molar-refractivity contribution is -0.140. The van der Waals surface area contributed by atoms with Gasteiger partial charge in [0, 0.05) is 5.56 Å². The zero-order chi connectivity index (χ0) is 22.0. The number of amides is 1. The highest BCUT2D eigenvalue weighted by molar-refractivity contribution is 6.46. The molecule has 1 N–H and O–H groups in total. The molecule has 1 amide bonds. The molecule has 1 atom stereocenters. The summed E-state index contributed by atoms with van der Waals surface area (Å²) in [5.74, 6) is -0.380. The third-order valence-electron chi connectivity index (χ3n) is 5.37. The van der Waals surface area contributed by atoms with Crippen LogP contribution >= 0.6 is 0 Å². The Labute approximate surface area is 180 Å². The Bertz CT molecular complexity index is 1130. The number of hydrogen-bond acceptors (Lipinski definition) is 5. The normalized spacial score (nSPS) is 17.9. The predicted octanol–water partition coefficient (Wildman–Crippen LogP) is 4.61. The summed E-state index contributed by atoms with van der Waals surface area (Å²) in [5.41, 5.74) is 2.20. The van der Waals surface area contributed by atoms with Gasteiger partial charge in [-0.05, 0) is 61.4 Å². The second-order valence-electron chi connectivity index (χ2n) is 7.32. The highest BCUT2D eigenvalue weighted by atomic mass is 16.5. The van der Waals surface area contributed by atoms with Gasteiger partial charge in [0.2, 0.25) is 0 Å². The summed E-state index contributed by atoms with van der Waals surface area (Å²) in [7, 11) is 0. The number of benzene rings is 2. The monoisotopic (exact) mass is 417 g/mol. The van der Waals surface area contributed by atoms with Crippen LogP contribution in [0.25, 0.3) is 5.76 Å². The largest absolute Gasteiger partial charge is 0.507 e. The van der Waals surface area contributed by atoms with Gasteiger partial charge >= 0.3 is 0 Å². The number of carbonyl (C=O) groups is 2. The minimum atomic E-state index is -0.724. The summed E-state index contributed by atoms with van der Waals surface area (Å²) in [4.78, 5) is 27.5. The summed E-state index contributed by atoms with van der Waals surface area (Å²) < 4.78 is 10.9. The Kier molecular flexibility index (Phi) is 5.62. The van der Waals surface area contributed by atoms with Gasteiger partial charge in [-0.25, -0.2) is 0 Å². The van der Waals surface area contributed by atoms with Crippen molar-refractivity contribution in [2.45, 2.75) is 26.4 Å². The molecule has 1 aliphatic rings. The van der Waals surface area contributed by atoms with Crippen LogP contribution in [0.5, 0.6) is 5.75 Å². The molecule has 1 fully saturated rings. The number of aliphatic hydroxyl groups excluding tert-OH is 1. The topological polar surface area (TPSA) is 80.0 Å². The number of nitrogens with zero attached hydrogens (tertiary/aromatic N) is 1. The molecule has 1 aliphatic heterocycles. The highest BCUT2D eigenvalue weighted by Gasteiger charge is 2.46. The van der Waals surface area contributed by atoms with Crippen LogP contribution < -0.4 is 4.74 Å². The first-order valence-corrected chi connectivity index (χ1v) is 10.1. The number of likely N-dealkylation sites (tertiary alicyclic amines) is 1. The summed E-state index contributed by atoms with van der Waals surface area (Å²) in [6.45, 7) is 4.45. The van der Waals surface area contributed by atoms with E-state index in [0.717, 1.165) is 11.1 Å². The Morgan fingerprint density at radius 3 is 2.45 bits per heavy atom. The molecule has 0 spiro atoms. The molecule has 1 saturated heterocycles. The van der Waals surface area contributed by atoms with Gasteiger partial charge in [0.25, 0.3) is 11.7 Å². The van der Waals surface area contributed by atoms with Crippen LogP contribution in [0.3, 0.4) is 0 Å². The molecular formula is C25H23NO5. The second-order valence-corrected chi connectivity index (χ2v) is 7.32. The predicted molar refractivity (Wildman–Crippen MR) is 115 cm³/mol. The first kappa shape index (κ1) is 20.5. The third-order valence-corrected chi connectivity index (χ3v) is 5.37. The lowest BCUT2D eigenvalue weighted by Gasteiger charge is -2.25. The van der Waals surface area contributed by atoms with E-state index in [9.17, 15) is 14.7 Å². The van der Waals surface area contributed by atoms with E-state index in [4.69, 9.17) is 9.15 Å². The molecule has 0 radical (unpaired) electrons. The quantitative estimate of drug-likeness (QED) is 0.360. The van der Waals surface area contributed by atoms with Crippen LogP contribution in [0.1, 0.15) is 35.4 Å². The van der Waals surface area contributed by atoms with Gasteiger partial charge in [-0.15, -0.1) is 0 Å². The number of ketones is 1. The summed E-state index contributed by atoms with van der Waals surface area (Å²) in [6.07, 6.45) is 1.52. The minimum Gasteiger partial charge on any atom is -0.507 e. The maximum Gasteiger partial charge on any atom is 0.296 e. The number of aryl methyl sites for hydroxylation is 1. The molecule has 0 saturated carbocycles. The van der Waals surface area contributed by atoms with Crippen molar-refractivity contribution in [3.8, 4) is 5.75 Å². The number of rotatable bonds is 6. The van der Waals surface area contributed by atoms with Crippen molar-refractivity contribution in [1.82, 2.24) is 4.90 Å². The fraction of sp³-hybridized carbons (Fsp3) is 0.200. The van der Waals surface area contributed by atoms with Crippen LogP contribution in [0.4, 0.5) is 0 Å². The SMILES string of the molecule is CCOc1ccc(/C(O)=C2/C(=O)C(=O)N(Cc3ccco3)C2c2ccccc2C)cc1. The Balaban J connectivity index is 1.84. The van der Waals surface area contributed by atoms with Gasteiger partial charge in [-0.1, -0.05) is 24.3 Å². The molecule has 6 nitrogen and oxygen atoms in total. The summed E-state index contributed by atoms with van der Waals surface area (Å²) in [5, 5.41) is 11.1. The average molecular weight is 417 g/mol. The van der Waals surface area contributed by atoms with E-state index >= 15 is 0 Å². The Hall–Kier alpha value is -3.80. The van der Waals surface area contributed by atoms with E-state index in [-0.39, 0.29) is 17.9 Å². The molecular weight excluding hydrogens is 394 g/mol. The summed E-state index contributed by atoms with van der Waals surface area (Å²) in [6, 6.07) is 17.1. The van der Waals surface area contributed by atoms with Gasteiger partial charge in [-0.2, -0.15) is 0 Å². The van der Waals surface area contributed by atoms with Gasteiger partial charge in [0.15, 0.2) is 0 Å². The van der Waals surface area contributed by atoms with Crippen LogP contribution in [0.15, 0.2) is 76.9 Å². The number of furan rings is 1. The van der Waals surface area contributed by atoms with Crippen LogP contribution in [-0.2, 0) is 16.1 Å². The zero-order valence-electron chi connectivity index (χ0n) is 17.4. The molecule has 1 aromatic heterocycles. The molecule has 158 valence electrons. The fourth-order valence-electron chi connectivity index (χ4n) is 3.86. The van der Waals surface area contributed by atoms with Crippen molar-refractivity contribution in [3.05, 3.63) is 95.0 Å². The number of Topliss-reactive ketones (excluding diaryl/α,β-unsaturated/α-hetero) is 1. The van der Waals surface area contributed by atoms with Gasteiger partial charge < -0.3 is 19.2 Å². The van der Waals surface area contributed by atoms with Crippen molar-refractivity contribution < 1.29 is 23.8 Å². The fourth-order valence-corrected chi connectivity index (χ4v) is 3.86. The Morgan fingerprint density at radius 1 is 1.06 bits per heavy atom. The van der Waals surface area contributed by atoms with E-state index in [2.05, 4.69) is 0 Å². The smallest absolute Gasteiger partial charge is 0.296 e. The molecule has 4 rings (SSSR count). The van der Waals surface area contributed by atoms with Crippen molar-refractivity contribution in [1.29, 1.82) is 0 Å². The maximum atomic E-state index is 13.1. The number of ether oxygens (including phenoxy) is 1. The van der Waals surface area contributed by atoms with E-state index < -0.39 is 17.7 Å². The summed E-state index contributed by atoms with van der Waals surface area (Å²) >= 11 is 0. The molecule has 3 aromatic rings. The molecule has 0 aliphatic carbocycles. The van der Waals surface area contributed by atoms with E-state index in [1.807, 2.05) is 38.1 Å². The van der Waals surface area contributed by atoms with E-state index in [1.165, 1.54) is 11.2 Å². The molecule has 6 heteroatoms. The van der Waals surface area contributed by atoms with Crippen molar-refractivity contribution in [3.63, 3.8) is 0 Å². The molecule has 1 unspecified atom stereocenters. The zero-order valence-corrected chi connectivity index (χ0v) is 17.4. The van der Waals surface area contributed by atoms with Crippen LogP contribution in [0, 0.1) is 6.92 Å². The standard InChI is InChI=1S/C25H23NO5/c1-3-30-18-12-10-17(11-13-18)23(27)21-22(20-9-5-4-7-16(20)2)26(25(29)24(21)28)15-19-8-6-14-31-19/h4-14,22,27H,3,15H2,1-2H3/b23-21-. The second kappa shape index (κ2) is 8.52. The van der Waals surface area contributed by atoms with Crippen LogP contribution in [0.2, 0.25) is 0 Å². The number of carbonyl (C=O) groups excluding carboxylic acids is 2. The van der Waals surface area contributed by atoms with E-state index in [0.29, 0.717) is 23.7 Å². The van der Waals surface area contributed by atoms with Crippen molar-refractivity contribution >= 4 is 17.4 Å². The average Bonchev–Trinajstić information content (AvgIpc) is 3.37. The third kappa shape index (κ3) is 3.84. The first-order valence-electron chi connectivity index (χ1n) is 10.1. The van der Waals surface area contributed by atoms with Gasteiger partial charge in [-0.3, -0.25) is 9.59 Å². The van der Waals surface area contributed by atoms with Crippen molar-refractivity contribution in [2.24, 2.45) is 0 Å². The maximum absolute atomic E-state index is 13.1. The van der Waals surface area contributed by atoms with E-state index in [1.54, 1.807) is 36.4 Å². The number of hydrogen-bond donors (Lipinski definition) is 1. The molecule has 31 heavy (non-hydrogen) atoms. The van der Waals surface area contributed by atoms with Crippen LogP contribution in [-0.4, -0.2) is 28.3 Å². The Morgan fingerprint density at radius 2 is 1.81 bits per heavy atom. The van der Waals surface area contributed by atoms with Gasteiger partial charge in [0.05, 0.1) is 31.0 Å². The first-order chi connectivity index (χ1) is 15.0. The lowest BCUT2D eigenvalue weighted by atomic mass is 9.92. The molecule has 2 heterocycles. The molecule has 2 aromatic carbocycles. The van der Waals surface area contributed by atoms with Crippen molar-refractivity contribution in [2.75, 3.05) is 6.61 Å². The van der Waals surface area contributed by atoms with Gasteiger partial charge in [0.1, 0.15) is 17.3 Å². The number of aliphatic hydroxyl groups is 1.